The van der Waals surface area contributed by atoms with E-state index in [4.69, 9.17) is 4.52 Å². The molecule has 0 radical (unpaired) electrons. The molecule has 0 aromatic carbocycles. The van der Waals surface area contributed by atoms with Gasteiger partial charge in [0.15, 0.2) is 5.82 Å². The summed E-state index contributed by atoms with van der Waals surface area (Å²) in [6, 6.07) is 6.02. The Hall–Kier alpha value is -2.21. The zero-order chi connectivity index (χ0) is 13.9. The van der Waals surface area contributed by atoms with Crippen LogP contribution < -0.4 is 5.32 Å². The van der Waals surface area contributed by atoms with Gasteiger partial charge < -0.3 is 14.2 Å². The van der Waals surface area contributed by atoms with Crippen LogP contribution in [0.25, 0.3) is 5.65 Å². The van der Waals surface area contributed by atoms with Crippen LogP contribution in [-0.2, 0) is 13.0 Å². The lowest BCUT2D eigenvalue weighted by atomic mass is 10.3. The first kappa shape index (κ1) is 12.8. The van der Waals surface area contributed by atoms with Gasteiger partial charge in [0.2, 0.25) is 5.89 Å². The number of aromatic nitrogens is 4. The summed E-state index contributed by atoms with van der Waals surface area (Å²) in [5.74, 6) is 1.35. The normalized spacial score (nSPS) is 11.3. The topological polar surface area (TPSA) is 68.2 Å². The fourth-order valence-corrected chi connectivity index (χ4v) is 2.23. The van der Waals surface area contributed by atoms with Crippen molar-refractivity contribution >= 4 is 5.65 Å². The Labute approximate surface area is 116 Å². The smallest absolute Gasteiger partial charge is 0.223 e. The van der Waals surface area contributed by atoms with Gasteiger partial charge in [0.25, 0.3) is 0 Å². The second-order valence-corrected chi connectivity index (χ2v) is 4.73. The number of aryl methyl sites for hydroxylation is 2. The first-order valence-electron chi connectivity index (χ1n) is 6.66. The minimum atomic E-state index is 0.609. The monoisotopic (exact) mass is 271 g/mol. The van der Waals surface area contributed by atoms with Crippen LogP contribution in [0.4, 0.5) is 0 Å². The third-order valence-corrected chi connectivity index (χ3v) is 3.22. The van der Waals surface area contributed by atoms with Crippen molar-refractivity contribution in [2.24, 2.45) is 0 Å². The first-order valence-corrected chi connectivity index (χ1v) is 6.66. The summed E-state index contributed by atoms with van der Waals surface area (Å²) in [4.78, 5) is 8.71. The first-order chi connectivity index (χ1) is 9.74. The van der Waals surface area contributed by atoms with E-state index >= 15 is 0 Å². The second kappa shape index (κ2) is 5.42. The van der Waals surface area contributed by atoms with Crippen LogP contribution in [-0.4, -0.2) is 26.1 Å². The maximum Gasteiger partial charge on any atom is 0.223 e. The zero-order valence-electron chi connectivity index (χ0n) is 11.6. The SMILES string of the molecule is Cc1nc(CCNCc2c(C)nc3ccccn23)no1. The van der Waals surface area contributed by atoms with Gasteiger partial charge in [-0.3, -0.25) is 0 Å². The summed E-state index contributed by atoms with van der Waals surface area (Å²) in [7, 11) is 0. The van der Waals surface area contributed by atoms with Crippen LogP contribution in [0.5, 0.6) is 0 Å². The molecule has 0 saturated heterocycles. The van der Waals surface area contributed by atoms with E-state index in [9.17, 15) is 0 Å². The van der Waals surface area contributed by atoms with E-state index in [2.05, 4.69) is 24.8 Å². The van der Waals surface area contributed by atoms with E-state index in [1.54, 1.807) is 6.92 Å². The van der Waals surface area contributed by atoms with Crippen LogP contribution in [0.1, 0.15) is 23.1 Å². The van der Waals surface area contributed by atoms with Crippen molar-refractivity contribution < 1.29 is 4.52 Å². The number of imidazole rings is 1. The van der Waals surface area contributed by atoms with Crippen LogP contribution >= 0.6 is 0 Å². The molecular formula is C14H17N5O. The molecule has 1 N–H and O–H groups in total. The van der Waals surface area contributed by atoms with Crippen molar-refractivity contribution in [2.45, 2.75) is 26.8 Å². The highest BCUT2D eigenvalue weighted by Crippen LogP contribution is 2.11. The lowest BCUT2D eigenvalue weighted by Gasteiger charge is -2.04. The van der Waals surface area contributed by atoms with Crippen LogP contribution in [0.3, 0.4) is 0 Å². The summed E-state index contributed by atoms with van der Waals surface area (Å²) in [5.41, 5.74) is 3.22. The molecule has 6 heteroatoms. The predicted octanol–water partition coefficient (Wildman–Crippen LogP) is 1.67. The Balaban J connectivity index is 1.61. The number of nitrogens with one attached hydrogen (secondary N) is 1. The summed E-state index contributed by atoms with van der Waals surface area (Å²) in [6.07, 6.45) is 2.79. The van der Waals surface area contributed by atoms with Crippen LogP contribution in [0.2, 0.25) is 0 Å². The minimum absolute atomic E-state index is 0.609. The van der Waals surface area contributed by atoms with Crippen molar-refractivity contribution in [3.05, 3.63) is 47.5 Å². The number of fused-ring (bicyclic) bond motifs is 1. The maximum absolute atomic E-state index is 4.94. The number of hydrogen-bond acceptors (Lipinski definition) is 5. The number of pyridine rings is 1. The van der Waals surface area contributed by atoms with Crippen LogP contribution in [0, 0.1) is 13.8 Å². The summed E-state index contributed by atoms with van der Waals surface area (Å²) >= 11 is 0. The van der Waals surface area contributed by atoms with Gasteiger partial charge in [-0.05, 0) is 19.1 Å². The second-order valence-electron chi connectivity index (χ2n) is 4.73. The van der Waals surface area contributed by atoms with Crippen molar-refractivity contribution in [2.75, 3.05) is 6.54 Å². The fraction of sp³-hybridized carbons (Fsp3) is 0.357. The summed E-state index contributed by atoms with van der Waals surface area (Å²) in [5, 5.41) is 7.27. The Kier molecular flexibility index (Phi) is 3.47. The lowest BCUT2D eigenvalue weighted by molar-refractivity contribution is 0.387. The lowest BCUT2D eigenvalue weighted by Crippen LogP contribution is -2.18. The molecule has 3 heterocycles. The van der Waals surface area contributed by atoms with Crippen molar-refractivity contribution in [1.82, 2.24) is 24.8 Å². The molecule has 6 nitrogen and oxygen atoms in total. The minimum Gasteiger partial charge on any atom is -0.340 e. The Morgan fingerprint density at radius 1 is 1.25 bits per heavy atom. The van der Waals surface area contributed by atoms with Gasteiger partial charge in [-0.25, -0.2) is 4.98 Å². The molecule has 20 heavy (non-hydrogen) atoms. The molecule has 0 aliphatic rings. The van der Waals surface area contributed by atoms with Gasteiger partial charge in [0, 0.05) is 32.6 Å². The average Bonchev–Trinajstić information content (AvgIpc) is 2.98. The molecule has 0 spiro atoms. The predicted molar refractivity (Wildman–Crippen MR) is 74.4 cm³/mol. The highest BCUT2D eigenvalue weighted by atomic mass is 16.5. The highest BCUT2D eigenvalue weighted by Gasteiger charge is 2.07. The largest absolute Gasteiger partial charge is 0.340 e. The zero-order valence-corrected chi connectivity index (χ0v) is 11.6. The van der Waals surface area contributed by atoms with E-state index < -0.39 is 0 Å². The van der Waals surface area contributed by atoms with Gasteiger partial charge in [-0.1, -0.05) is 11.2 Å². The molecule has 3 rings (SSSR count). The van der Waals surface area contributed by atoms with E-state index in [0.717, 1.165) is 36.7 Å². The number of hydrogen-bond donors (Lipinski definition) is 1. The third kappa shape index (κ3) is 2.55. The van der Waals surface area contributed by atoms with E-state index in [1.807, 2.05) is 31.3 Å². The molecule has 3 aromatic rings. The molecule has 0 saturated carbocycles. The molecule has 0 aliphatic carbocycles. The molecule has 0 bridgehead atoms. The third-order valence-electron chi connectivity index (χ3n) is 3.22. The quantitative estimate of drug-likeness (QED) is 0.715. The molecule has 3 aromatic heterocycles. The van der Waals surface area contributed by atoms with E-state index in [0.29, 0.717) is 5.89 Å². The average molecular weight is 271 g/mol. The molecule has 0 fully saturated rings. The van der Waals surface area contributed by atoms with Crippen molar-refractivity contribution in [3.8, 4) is 0 Å². The van der Waals surface area contributed by atoms with Gasteiger partial charge in [0.1, 0.15) is 5.65 Å². The van der Waals surface area contributed by atoms with Crippen molar-refractivity contribution in [3.63, 3.8) is 0 Å². The van der Waals surface area contributed by atoms with Gasteiger partial charge in [0.05, 0.1) is 11.4 Å². The number of nitrogens with zero attached hydrogens (tertiary/aromatic N) is 4. The summed E-state index contributed by atoms with van der Waals surface area (Å²) < 4.78 is 7.05. The highest BCUT2D eigenvalue weighted by molar-refractivity contribution is 5.42. The molecule has 0 atom stereocenters. The molecule has 0 aliphatic heterocycles. The standard InChI is InChI=1S/C14H17N5O/c1-10-12(19-8-4-3-5-14(19)16-10)9-15-7-6-13-17-11(2)20-18-13/h3-5,8,15H,6-7,9H2,1-2H3. The summed E-state index contributed by atoms with van der Waals surface area (Å²) in [6.45, 7) is 5.41. The fourth-order valence-electron chi connectivity index (χ4n) is 2.23. The molecule has 0 unspecified atom stereocenters. The van der Waals surface area contributed by atoms with Gasteiger partial charge >= 0.3 is 0 Å². The molecule has 0 amide bonds. The van der Waals surface area contributed by atoms with Gasteiger partial charge in [-0.15, -0.1) is 0 Å². The van der Waals surface area contributed by atoms with Crippen LogP contribution in [0.15, 0.2) is 28.9 Å². The number of rotatable bonds is 5. The molecular weight excluding hydrogens is 254 g/mol. The Bertz CT molecular complexity index is 715. The van der Waals surface area contributed by atoms with E-state index in [1.165, 1.54) is 5.69 Å². The van der Waals surface area contributed by atoms with E-state index in [-0.39, 0.29) is 0 Å². The molecule has 104 valence electrons. The maximum atomic E-state index is 4.94. The van der Waals surface area contributed by atoms with Gasteiger partial charge in [-0.2, -0.15) is 4.98 Å². The Morgan fingerprint density at radius 3 is 2.95 bits per heavy atom. The van der Waals surface area contributed by atoms with Crippen molar-refractivity contribution in [1.29, 1.82) is 0 Å². The Morgan fingerprint density at radius 2 is 2.15 bits per heavy atom.